The van der Waals surface area contributed by atoms with E-state index in [-0.39, 0.29) is 27.6 Å². The summed E-state index contributed by atoms with van der Waals surface area (Å²) in [6.45, 7) is 2.30. The molecule has 1 atom stereocenters. The first-order chi connectivity index (χ1) is 12.4. The summed E-state index contributed by atoms with van der Waals surface area (Å²) < 4.78 is 16.0. The highest BCUT2D eigenvalue weighted by atomic mass is 16.5. The molecule has 0 amide bonds. The van der Waals surface area contributed by atoms with Crippen LogP contribution in [0.3, 0.4) is 0 Å². The van der Waals surface area contributed by atoms with Crippen molar-refractivity contribution in [2.75, 3.05) is 13.7 Å². The number of carbonyl (C=O) groups is 1. The number of hydrogen-bond donors (Lipinski definition) is 1. The van der Waals surface area contributed by atoms with Crippen LogP contribution in [0.15, 0.2) is 69.6 Å². The van der Waals surface area contributed by atoms with Gasteiger partial charge in [-0.15, -0.1) is 0 Å². The average Bonchev–Trinajstić information content (AvgIpc) is 2.80. The first kappa shape index (κ1) is 17.5. The molecule has 0 aliphatic heterocycles. The van der Waals surface area contributed by atoms with Gasteiger partial charge in [-0.2, -0.15) is 0 Å². The normalized spacial score (nSPS) is 19.1. The van der Waals surface area contributed by atoms with E-state index < -0.39 is 5.97 Å². The fraction of sp³-hybridized carbons (Fsp3) is 0.200. The average molecular weight is 353 g/mol. The summed E-state index contributed by atoms with van der Waals surface area (Å²) >= 11 is 0. The Kier molecular flexibility index (Phi) is 4.67. The van der Waals surface area contributed by atoms with Crippen LogP contribution in [0.1, 0.15) is 17.5 Å². The molecule has 1 aromatic carbocycles. The van der Waals surface area contributed by atoms with E-state index in [0.717, 1.165) is 6.07 Å². The van der Waals surface area contributed by atoms with Crippen LogP contribution >= 0.6 is 0 Å². The maximum absolute atomic E-state index is 12.5. The number of allylic oxidation sites excluding steroid dienone is 3. The van der Waals surface area contributed by atoms with E-state index in [4.69, 9.17) is 14.9 Å². The topological polar surface area (TPSA) is 91.8 Å². The standard InChI is InChI=1S/C20H19NO5/c1-20(9-4-5-13(21)8-10-20)12-25-15-6-3-7-16-18(15)14(22)11-17(26-16)19(23)24-2/h3-11H,12,21H2,1-2H3. The van der Waals surface area contributed by atoms with E-state index in [1.165, 1.54) is 7.11 Å². The molecule has 0 spiro atoms. The van der Waals surface area contributed by atoms with Crippen molar-refractivity contribution in [1.29, 1.82) is 0 Å². The van der Waals surface area contributed by atoms with Crippen LogP contribution < -0.4 is 15.9 Å². The summed E-state index contributed by atoms with van der Waals surface area (Å²) in [5.41, 5.74) is 5.97. The van der Waals surface area contributed by atoms with Gasteiger partial charge < -0.3 is 19.6 Å². The number of benzene rings is 1. The Morgan fingerprint density at radius 1 is 1.31 bits per heavy atom. The molecule has 6 nitrogen and oxygen atoms in total. The summed E-state index contributed by atoms with van der Waals surface area (Å²) in [6.07, 6.45) is 9.43. The van der Waals surface area contributed by atoms with Crippen molar-refractivity contribution in [1.82, 2.24) is 0 Å². The highest BCUT2D eigenvalue weighted by molar-refractivity contribution is 5.90. The SMILES string of the molecule is COC(=O)c1cc(=O)c2c(OCC3(C)C=CC=C(N)C=C3)cccc2o1. The van der Waals surface area contributed by atoms with E-state index in [9.17, 15) is 9.59 Å². The number of rotatable bonds is 4. The van der Waals surface area contributed by atoms with E-state index >= 15 is 0 Å². The van der Waals surface area contributed by atoms with Crippen LogP contribution in [0.2, 0.25) is 0 Å². The summed E-state index contributed by atoms with van der Waals surface area (Å²) in [4.78, 5) is 24.1. The number of methoxy groups -OCH3 is 1. The van der Waals surface area contributed by atoms with Crippen LogP contribution in [-0.4, -0.2) is 19.7 Å². The third-order valence-corrected chi connectivity index (χ3v) is 4.06. The summed E-state index contributed by atoms with van der Waals surface area (Å²) in [7, 11) is 1.22. The Balaban J connectivity index is 1.93. The van der Waals surface area contributed by atoms with Crippen molar-refractivity contribution in [2.45, 2.75) is 6.92 Å². The highest BCUT2D eigenvalue weighted by Crippen LogP contribution is 2.28. The van der Waals surface area contributed by atoms with Gasteiger partial charge in [0, 0.05) is 17.2 Å². The second-order valence-corrected chi connectivity index (χ2v) is 6.25. The minimum absolute atomic E-state index is 0.148. The first-order valence-electron chi connectivity index (χ1n) is 8.04. The Bertz CT molecular complexity index is 999. The van der Waals surface area contributed by atoms with Gasteiger partial charge in [-0.25, -0.2) is 4.79 Å². The second kappa shape index (κ2) is 6.92. The molecule has 26 heavy (non-hydrogen) atoms. The minimum Gasteiger partial charge on any atom is -0.491 e. The fourth-order valence-corrected chi connectivity index (χ4v) is 2.61. The molecule has 3 rings (SSSR count). The first-order valence-corrected chi connectivity index (χ1v) is 8.04. The van der Waals surface area contributed by atoms with E-state index in [2.05, 4.69) is 4.74 Å². The molecule has 6 heteroatoms. The van der Waals surface area contributed by atoms with Crippen molar-refractivity contribution < 1.29 is 18.7 Å². The van der Waals surface area contributed by atoms with Crippen LogP contribution in [-0.2, 0) is 4.74 Å². The molecule has 2 N–H and O–H groups in total. The lowest BCUT2D eigenvalue weighted by molar-refractivity contribution is 0.0565. The van der Waals surface area contributed by atoms with E-state index in [1.54, 1.807) is 18.2 Å². The number of esters is 1. The van der Waals surface area contributed by atoms with Gasteiger partial charge in [0.2, 0.25) is 5.76 Å². The molecule has 0 fully saturated rings. The van der Waals surface area contributed by atoms with Crippen LogP contribution in [0.4, 0.5) is 0 Å². The lowest BCUT2D eigenvalue weighted by Crippen LogP contribution is -2.21. The lowest BCUT2D eigenvalue weighted by atomic mass is 9.91. The van der Waals surface area contributed by atoms with Crippen LogP contribution in [0, 0.1) is 5.41 Å². The molecule has 1 aliphatic rings. The van der Waals surface area contributed by atoms with Gasteiger partial charge in [0.25, 0.3) is 0 Å². The van der Waals surface area contributed by atoms with Crippen molar-refractivity contribution in [2.24, 2.45) is 11.1 Å². The zero-order valence-electron chi connectivity index (χ0n) is 14.5. The zero-order valence-corrected chi connectivity index (χ0v) is 14.5. The molecular weight excluding hydrogens is 334 g/mol. The predicted octanol–water partition coefficient (Wildman–Crippen LogP) is 2.93. The summed E-state index contributed by atoms with van der Waals surface area (Å²) in [5, 5.41) is 0.281. The molecule has 1 aliphatic carbocycles. The van der Waals surface area contributed by atoms with Crippen molar-refractivity contribution >= 4 is 16.9 Å². The molecule has 0 bridgehead atoms. The van der Waals surface area contributed by atoms with Gasteiger partial charge >= 0.3 is 5.97 Å². The molecule has 0 saturated heterocycles. The zero-order chi connectivity index (χ0) is 18.7. The van der Waals surface area contributed by atoms with E-state index in [1.807, 2.05) is 37.3 Å². The molecular formula is C20H19NO5. The number of ether oxygens (including phenoxy) is 2. The van der Waals surface area contributed by atoms with Crippen molar-refractivity contribution in [3.05, 3.63) is 76.3 Å². The van der Waals surface area contributed by atoms with Gasteiger partial charge in [0.1, 0.15) is 23.3 Å². The molecule has 0 saturated carbocycles. The van der Waals surface area contributed by atoms with Crippen molar-refractivity contribution in [3.63, 3.8) is 0 Å². The number of carbonyl (C=O) groups excluding carboxylic acids is 1. The maximum Gasteiger partial charge on any atom is 0.374 e. The maximum atomic E-state index is 12.5. The van der Waals surface area contributed by atoms with Gasteiger partial charge in [-0.05, 0) is 31.2 Å². The second-order valence-electron chi connectivity index (χ2n) is 6.25. The molecule has 1 aromatic heterocycles. The monoisotopic (exact) mass is 353 g/mol. The summed E-state index contributed by atoms with van der Waals surface area (Å²) in [5.74, 6) is -0.465. The fourth-order valence-electron chi connectivity index (χ4n) is 2.61. The van der Waals surface area contributed by atoms with Crippen LogP contribution in [0.25, 0.3) is 11.0 Å². The molecule has 2 aromatic rings. The highest BCUT2D eigenvalue weighted by Gasteiger charge is 2.21. The van der Waals surface area contributed by atoms with Gasteiger partial charge in [0.15, 0.2) is 5.43 Å². The number of fused-ring (bicyclic) bond motifs is 1. The Hall–Kier alpha value is -3.28. The van der Waals surface area contributed by atoms with Gasteiger partial charge in [-0.3, -0.25) is 4.79 Å². The largest absolute Gasteiger partial charge is 0.491 e. The van der Waals surface area contributed by atoms with Crippen molar-refractivity contribution in [3.8, 4) is 5.75 Å². The van der Waals surface area contributed by atoms with Gasteiger partial charge in [-0.1, -0.05) is 24.3 Å². The summed E-state index contributed by atoms with van der Waals surface area (Å²) in [6, 6.07) is 6.10. The van der Waals surface area contributed by atoms with E-state index in [0.29, 0.717) is 18.1 Å². The Labute approximate surface area is 150 Å². The smallest absolute Gasteiger partial charge is 0.374 e. The predicted molar refractivity (Wildman–Crippen MR) is 98.0 cm³/mol. The molecule has 1 heterocycles. The Morgan fingerprint density at radius 2 is 2.12 bits per heavy atom. The molecule has 0 radical (unpaired) electrons. The van der Waals surface area contributed by atoms with Gasteiger partial charge in [0.05, 0.1) is 7.11 Å². The third kappa shape index (κ3) is 3.54. The van der Waals surface area contributed by atoms with Crippen LogP contribution in [0.5, 0.6) is 5.75 Å². The molecule has 1 unspecified atom stereocenters. The minimum atomic E-state index is -0.707. The lowest BCUT2D eigenvalue weighted by Gasteiger charge is -2.22. The Morgan fingerprint density at radius 3 is 2.88 bits per heavy atom. The molecule has 134 valence electrons. The third-order valence-electron chi connectivity index (χ3n) is 4.06. The quantitative estimate of drug-likeness (QED) is 0.850. The number of hydrogen-bond acceptors (Lipinski definition) is 6. The number of nitrogens with two attached hydrogens (primary N) is 1.